The zero-order chi connectivity index (χ0) is 18.7. The van der Waals surface area contributed by atoms with E-state index in [-0.39, 0.29) is 20.1 Å². The Morgan fingerprint density at radius 2 is 1.88 bits per heavy atom. The van der Waals surface area contributed by atoms with Crippen LogP contribution in [0.5, 0.6) is 5.75 Å². The van der Waals surface area contributed by atoms with Crippen LogP contribution in [0.3, 0.4) is 0 Å². The van der Waals surface area contributed by atoms with E-state index < -0.39 is 10.0 Å². The first kappa shape index (κ1) is 18.9. The van der Waals surface area contributed by atoms with E-state index in [1.165, 1.54) is 18.2 Å². The quantitative estimate of drug-likeness (QED) is 0.633. The van der Waals surface area contributed by atoms with Gasteiger partial charge in [-0.05, 0) is 24.3 Å². The van der Waals surface area contributed by atoms with E-state index in [0.29, 0.717) is 11.4 Å². The molecule has 0 saturated heterocycles. The lowest BCUT2D eigenvalue weighted by Crippen LogP contribution is -2.12. The Morgan fingerprint density at radius 3 is 2.62 bits per heavy atom. The van der Waals surface area contributed by atoms with Crippen LogP contribution in [-0.2, 0) is 16.4 Å². The average molecular weight is 430 g/mol. The molecule has 0 aliphatic rings. The number of nitrogens with one attached hydrogen (secondary N) is 1. The molecule has 0 radical (unpaired) electrons. The van der Waals surface area contributed by atoms with E-state index in [0.717, 1.165) is 22.6 Å². The third-order valence-electron chi connectivity index (χ3n) is 3.42. The molecule has 0 fully saturated rings. The van der Waals surface area contributed by atoms with Gasteiger partial charge in [-0.1, -0.05) is 52.7 Å². The monoisotopic (exact) mass is 429 g/mol. The molecule has 0 aliphatic carbocycles. The van der Waals surface area contributed by atoms with Gasteiger partial charge < -0.3 is 4.74 Å². The first-order valence-corrected chi connectivity index (χ1v) is 10.4. The van der Waals surface area contributed by atoms with Crippen molar-refractivity contribution in [1.29, 1.82) is 0 Å². The highest BCUT2D eigenvalue weighted by Gasteiger charge is 2.18. The zero-order valence-corrected chi connectivity index (χ0v) is 16.6. The Balaban J connectivity index is 1.78. The SMILES string of the molecule is COc1ccccc1Cc1nnc(NS(=O)(=O)c2ccc(Cl)c(Cl)c2)s1. The number of para-hydroxylation sites is 1. The summed E-state index contributed by atoms with van der Waals surface area (Å²) in [5.41, 5.74) is 0.935. The summed E-state index contributed by atoms with van der Waals surface area (Å²) in [6.07, 6.45) is 0.482. The maximum absolute atomic E-state index is 12.4. The van der Waals surface area contributed by atoms with E-state index in [1.54, 1.807) is 7.11 Å². The van der Waals surface area contributed by atoms with Crippen LogP contribution in [-0.4, -0.2) is 25.7 Å². The van der Waals surface area contributed by atoms with Crippen LogP contribution in [0.4, 0.5) is 5.13 Å². The molecular formula is C16H13Cl2N3O3S2. The Bertz CT molecular complexity index is 1040. The fourth-order valence-electron chi connectivity index (χ4n) is 2.20. The second-order valence-corrected chi connectivity index (χ2v) is 8.73. The highest BCUT2D eigenvalue weighted by Crippen LogP contribution is 2.28. The molecular weight excluding hydrogens is 417 g/mol. The van der Waals surface area contributed by atoms with Crippen molar-refractivity contribution < 1.29 is 13.2 Å². The molecule has 0 saturated carbocycles. The smallest absolute Gasteiger partial charge is 0.263 e. The van der Waals surface area contributed by atoms with Crippen molar-refractivity contribution in [1.82, 2.24) is 10.2 Å². The van der Waals surface area contributed by atoms with Crippen LogP contribution in [0.1, 0.15) is 10.6 Å². The van der Waals surface area contributed by atoms with Gasteiger partial charge >= 0.3 is 0 Å². The number of halogens is 2. The molecule has 3 aromatic rings. The van der Waals surface area contributed by atoms with Gasteiger partial charge in [0.2, 0.25) is 5.13 Å². The molecule has 0 atom stereocenters. The summed E-state index contributed by atoms with van der Waals surface area (Å²) in [5, 5.41) is 9.19. The van der Waals surface area contributed by atoms with Crippen LogP contribution in [0.25, 0.3) is 0 Å². The number of sulfonamides is 1. The number of hydrogen-bond acceptors (Lipinski definition) is 6. The molecule has 1 aromatic heterocycles. The molecule has 6 nitrogen and oxygen atoms in total. The molecule has 0 spiro atoms. The lowest BCUT2D eigenvalue weighted by molar-refractivity contribution is 0.410. The molecule has 136 valence electrons. The van der Waals surface area contributed by atoms with E-state index in [2.05, 4.69) is 14.9 Å². The predicted octanol–water partition coefficient (Wildman–Crippen LogP) is 4.25. The third kappa shape index (κ3) is 4.27. The van der Waals surface area contributed by atoms with Crippen LogP contribution in [0, 0.1) is 0 Å². The Labute approximate surface area is 164 Å². The van der Waals surface area contributed by atoms with Gasteiger partial charge in [0.1, 0.15) is 10.8 Å². The summed E-state index contributed by atoms with van der Waals surface area (Å²) < 4.78 is 32.6. The van der Waals surface area contributed by atoms with Crippen molar-refractivity contribution in [3.05, 3.63) is 63.1 Å². The number of nitrogens with zero attached hydrogens (tertiary/aromatic N) is 2. The van der Waals surface area contributed by atoms with E-state index >= 15 is 0 Å². The molecule has 0 aliphatic heterocycles. The third-order valence-corrected chi connectivity index (χ3v) is 6.47. The van der Waals surface area contributed by atoms with Crippen LogP contribution < -0.4 is 9.46 Å². The van der Waals surface area contributed by atoms with Gasteiger partial charge in [0.15, 0.2) is 0 Å². The minimum atomic E-state index is -3.83. The van der Waals surface area contributed by atoms with Gasteiger partial charge in [0.25, 0.3) is 10.0 Å². The second kappa shape index (κ2) is 7.79. The molecule has 26 heavy (non-hydrogen) atoms. The van der Waals surface area contributed by atoms with Crippen molar-refractivity contribution >= 4 is 49.7 Å². The number of aromatic nitrogens is 2. The van der Waals surface area contributed by atoms with Crippen molar-refractivity contribution in [2.45, 2.75) is 11.3 Å². The van der Waals surface area contributed by atoms with Crippen molar-refractivity contribution in [3.63, 3.8) is 0 Å². The summed E-state index contributed by atoms with van der Waals surface area (Å²) in [6.45, 7) is 0. The maximum Gasteiger partial charge on any atom is 0.263 e. The van der Waals surface area contributed by atoms with Gasteiger partial charge in [-0.3, -0.25) is 4.72 Å². The maximum atomic E-state index is 12.4. The van der Waals surface area contributed by atoms with Crippen molar-refractivity contribution in [2.75, 3.05) is 11.8 Å². The van der Waals surface area contributed by atoms with E-state index in [9.17, 15) is 8.42 Å². The molecule has 2 aromatic carbocycles. The minimum Gasteiger partial charge on any atom is -0.496 e. The Hall–Kier alpha value is -1.87. The number of anilines is 1. The summed E-state index contributed by atoms with van der Waals surface area (Å²) in [5.74, 6) is 0.737. The van der Waals surface area contributed by atoms with Gasteiger partial charge in [0.05, 0.1) is 22.1 Å². The van der Waals surface area contributed by atoms with E-state index in [1.807, 2.05) is 24.3 Å². The number of methoxy groups -OCH3 is 1. The Morgan fingerprint density at radius 1 is 1.12 bits per heavy atom. The number of benzene rings is 2. The molecule has 0 amide bonds. The molecule has 10 heteroatoms. The number of hydrogen-bond donors (Lipinski definition) is 1. The fourth-order valence-corrected chi connectivity index (χ4v) is 4.58. The second-order valence-electron chi connectivity index (χ2n) is 5.17. The van der Waals surface area contributed by atoms with Crippen molar-refractivity contribution in [2.24, 2.45) is 0 Å². The molecule has 1 heterocycles. The summed E-state index contributed by atoms with van der Waals surface area (Å²) in [6, 6.07) is 11.6. The number of rotatable bonds is 6. The average Bonchev–Trinajstić information content (AvgIpc) is 3.04. The van der Waals surface area contributed by atoms with Crippen molar-refractivity contribution in [3.8, 4) is 5.75 Å². The lowest BCUT2D eigenvalue weighted by atomic mass is 10.1. The first-order valence-electron chi connectivity index (χ1n) is 7.31. The molecule has 3 rings (SSSR count). The molecule has 1 N–H and O–H groups in total. The molecule has 0 unspecified atom stereocenters. The van der Waals surface area contributed by atoms with Gasteiger partial charge in [-0.15, -0.1) is 10.2 Å². The minimum absolute atomic E-state index is 0.00613. The summed E-state index contributed by atoms with van der Waals surface area (Å²) in [7, 11) is -2.24. The summed E-state index contributed by atoms with van der Waals surface area (Å²) in [4.78, 5) is -0.00613. The van der Waals surface area contributed by atoms with Gasteiger partial charge in [-0.2, -0.15) is 0 Å². The number of ether oxygens (including phenoxy) is 1. The molecule has 0 bridgehead atoms. The van der Waals surface area contributed by atoms with Gasteiger partial charge in [0, 0.05) is 12.0 Å². The lowest BCUT2D eigenvalue weighted by Gasteiger charge is -2.06. The largest absolute Gasteiger partial charge is 0.496 e. The Kier molecular flexibility index (Phi) is 5.67. The first-order chi connectivity index (χ1) is 12.4. The standard InChI is InChI=1S/C16H13Cl2N3O3S2/c1-24-14-5-3-2-4-10(14)8-15-19-20-16(25-15)21-26(22,23)11-6-7-12(17)13(18)9-11/h2-7,9H,8H2,1H3,(H,20,21). The van der Waals surface area contributed by atoms with Crippen LogP contribution in [0.2, 0.25) is 10.0 Å². The van der Waals surface area contributed by atoms with Crippen LogP contribution >= 0.6 is 34.5 Å². The topological polar surface area (TPSA) is 81.2 Å². The van der Waals surface area contributed by atoms with Gasteiger partial charge in [-0.25, -0.2) is 8.42 Å². The fraction of sp³-hybridized carbons (Fsp3) is 0.125. The highest BCUT2D eigenvalue weighted by atomic mass is 35.5. The summed E-state index contributed by atoms with van der Waals surface area (Å²) >= 11 is 12.9. The normalized spacial score (nSPS) is 11.3. The zero-order valence-electron chi connectivity index (χ0n) is 13.4. The van der Waals surface area contributed by atoms with Crippen LogP contribution in [0.15, 0.2) is 47.4 Å². The van der Waals surface area contributed by atoms with E-state index in [4.69, 9.17) is 27.9 Å². The highest BCUT2D eigenvalue weighted by molar-refractivity contribution is 7.93. The predicted molar refractivity (Wildman–Crippen MR) is 103 cm³/mol.